The molecule has 1 amide bonds. The van der Waals surface area contributed by atoms with Crippen LogP contribution in [0.5, 0.6) is 0 Å². The van der Waals surface area contributed by atoms with Crippen molar-refractivity contribution < 1.29 is 17.6 Å². The second-order valence-electron chi connectivity index (χ2n) is 8.81. The van der Waals surface area contributed by atoms with Crippen molar-refractivity contribution in [3.05, 3.63) is 103 Å². The number of hydrogen-bond acceptors (Lipinski definition) is 9. The standard InChI is InChI=1S/C27H24FN9O3S/c1-18-8-9-20(15-23(18)34-27-30-12-10-22(33-27)19-5-4-11-29-16-19)32-26(38)24-17-37(36-35-24)14-13-31-41(39,40)25-7-3-2-6-21(25)28/h2-12,15-17,31H,13-14H2,1H3,(H,32,38)(H,30,33,34). The minimum Gasteiger partial charge on any atom is -0.324 e. The van der Waals surface area contributed by atoms with Gasteiger partial charge in [-0.25, -0.2) is 27.5 Å². The summed E-state index contributed by atoms with van der Waals surface area (Å²) in [5.41, 5.74) is 3.69. The molecule has 5 rings (SSSR count). The van der Waals surface area contributed by atoms with Crippen molar-refractivity contribution in [1.29, 1.82) is 0 Å². The van der Waals surface area contributed by atoms with Crippen molar-refractivity contribution in [3.8, 4) is 11.3 Å². The number of nitrogens with one attached hydrogen (secondary N) is 3. The zero-order valence-electron chi connectivity index (χ0n) is 21.7. The molecule has 0 aliphatic rings. The molecule has 12 nitrogen and oxygen atoms in total. The molecule has 0 atom stereocenters. The van der Waals surface area contributed by atoms with Gasteiger partial charge in [0.25, 0.3) is 5.91 Å². The molecule has 3 aromatic heterocycles. The first-order chi connectivity index (χ1) is 19.8. The molecular weight excluding hydrogens is 549 g/mol. The number of sulfonamides is 1. The van der Waals surface area contributed by atoms with E-state index < -0.39 is 26.6 Å². The van der Waals surface area contributed by atoms with Crippen molar-refractivity contribution >= 4 is 33.3 Å². The average Bonchev–Trinajstić information content (AvgIpc) is 3.45. The Kier molecular flexibility index (Phi) is 8.03. The van der Waals surface area contributed by atoms with Gasteiger partial charge in [0, 0.05) is 42.1 Å². The predicted octanol–water partition coefficient (Wildman–Crippen LogP) is 3.55. The fourth-order valence-corrected chi connectivity index (χ4v) is 4.89. The first kappa shape index (κ1) is 27.5. The fraction of sp³-hybridized carbons (Fsp3) is 0.111. The van der Waals surface area contributed by atoms with Crippen molar-refractivity contribution in [2.75, 3.05) is 17.2 Å². The van der Waals surface area contributed by atoms with E-state index in [4.69, 9.17) is 0 Å². The average molecular weight is 574 g/mol. The molecule has 208 valence electrons. The number of nitrogens with zero attached hydrogens (tertiary/aromatic N) is 6. The van der Waals surface area contributed by atoms with E-state index in [1.165, 1.54) is 29.1 Å². The van der Waals surface area contributed by atoms with Gasteiger partial charge in [0.1, 0.15) is 10.7 Å². The van der Waals surface area contributed by atoms with Crippen LogP contribution in [0.25, 0.3) is 11.3 Å². The van der Waals surface area contributed by atoms with Crippen molar-refractivity contribution in [2.24, 2.45) is 0 Å². The van der Waals surface area contributed by atoms with E-state index in [1.54, 1.807) is 36.8 Å². The highest BCUT2D eigenvalue weighted by Crippen LogP contribution is 2.24. The Morgan fingerprint density at radius 2 is 1.90 bits per heavy atom. The van der Waals surface area contributed by atoms with Crippen LogP contribution >= 0.6 is 0 Å². The Balaban J connectivity index is 1.20. The molecule has 3 heterocycles. The molecule has 0 aliphatic carbocycles. The van der Waals surface area contributed by atoms with Crippen molar-refractivity contribution in [1.82, 2.24) is 34.7 Å². The summed E-state index contributed by atoms with van der Waals surface area (Å²) in [4.78, 5) is 25.3. The number of pyridine rings is 1. The number of aryl methyl sites for hydroxylation is 1. The monoisotopic (exact) mass is 573 g/mol. The maximum Gasteiger partial charge on any atom is 0.277 e. The molecule has 2 aromatic carbocycles. The molecule has 0 radical (unpaired) electrons. The lowest BCUT2D eigenvalue weighted by Gasteiger charge is -2.11. The van der Waals surface area contributed by atoms with Crippen LogP contribution in [0.4, 0.5) is 21.7 Å². The van der Waals surface area contributed by atoms with Gasteiger partial charge in [0.05, 0.1) is 18.4 Å². The van der Waals surface area contributed by atoms with Crippen LogP contribution in [0.3, 0.4) is 0 Å². The first-order valence-electron chi connectivity index (χ1n) is 12.4. The number of hydrogen-bond donors (Lipinski definition) is 3. The Morgan fingerprint density at radius 3 is 2.71 bits per heavy atom. The van der Waals surface area contributed by atoms with Gasteiger partial charge in [0.15, 0.2) is 5.69 Å². The van der Waals surface area contributed by atoms with Gasteiger partial charge in [-0.1, -0.05) is 23.4 Å². The summed E-state index contributed by atoms with van der Waals surface area (Å²) in [6, 6.07) is 15.9. The van der Waals surface area contributed by atoms with Crippen LogP contribution < -0.4 is 15.4 Å². The highest BCUT2D eigenvalue weighted by molar-refractivity contribution is 7.89. The van der Waals surface area contributed by atoms with Crippen molar-refractivity contribution in [2.45, 2.75) is 18.4 Å². The Morgan fingerprint density at radius 1 is 1.05 bits per heavy atom. The summed E-state index contributed by atoms with van der Waals surface area (Å²) < 4.78 is 42.1. The summed E-state index contributed by atoms with van der Waals surface area (Å²) >= 11 is 0. The number of aromatic nitrogens is 6. The molecule has 0 saturated heterocycles. The molecular formula is C27H24FN9O3S. The molecule has 5 aromatic rings. The minimum atomic E-state index is -4.04. The number of carbonyl (C=O) groups excluding carboxylic acids is 1. The number of rotatable bonds is 10. The largest absolute Gasteiger partial charge is 0.324 e. The molecule has 0 unspecified atom stereocenters. The third-order valence-corrected chi connectivity index (χ3v) is 7.38. The van der Waals surface area contributed by atoms with Gasteiger partial charge < -0.3 is 10.6 Å². The summed E-state index contributed by atoms with van der Waals surface area (Å²) in [5.74, 6) is -0.973. The number of carbonyl (C=O) groups is 1. The number of halogens is 1. The van der Waals surface area contributed by atoms with Crippen molar-refractivity contribution in [3.63, 3.8) is 0 Å². The second kappa shape index (κ2) is 12.0. The van der Waals surface area contributed by atoms with Crippen LogP contribution in [0.1, 0.15) is 16.1 Å². The zero-order valence-corrected chi connectivity index (χ0v) is 22.5. The Hall–Kier alpha value is -5.08. The summed E-state index contributed by atoms with van der Waals surface area (Å²) in [6.45, 7) is 1.90. The van der Waals surface area contributed by atoms with E-state index in [0.717, 1.165) is 17.2 Å². The quantitative estimate of drug-likeness (QED) is 0.227. The smallest absolute Gasteiger partial charge is 0.277 e. The van der Waals surface area contributed by atoms with Crippen LogP contribution in [-0.4, -0.2) is 50.8 Å². The minimum absolute atomic E-state index is 0.0320. The van der Waals surface area contributed by atoms with Gasteiger partial charge in [-0.15, -0.1) is 5.10 Å². The van der Waals surface area contributed by atoms with E-state index in [9.17, 15) is 17.6 Å². The Labute approximate surface area is 234 Å². The van der Waals surface area contributed by atoms with Crippen LogP contribution in [0, 0.1) is 12.7 Å². The highest BCUT2D eigenvalue weighted by atomic mass is 32.2. The fourth-order valence-electron chi connectivity index (χ4n) is 3.79. The van der Waals surface area contributed by atoms with Gasteiger partial charge in [-0.05, 0) is 55.0 Å². The first-order valence-corrected chi connectivity index (χ1v) is 13.8. The van der Waals surface area contributed by atoms with Crippen LogP contribution in [0.15, 0.2) is 90.3 Å². The molecule has 3 N–H and O–H groups in total. The molecule has 0 spiro atoms. The maximum absolute atomic E-state index is 13.8. The van der Waals surface area contributed by atoms with Crippen LogP contribution in [0.2, 0.25) is 0 Å². The van der Waals surface area contributed by atoms with Gasteiger partial charge >= 0.3 is 0 Å². The third kappa shape index (κ3) is 6.74. The molecule has 0 saturated carbocycles. The summed E-state index contributed by atoms with van der Waals surface area (Å²) in [7, 11) is -4.04. The van der Waals surface area contributed by atoms with E-state index in [2.05, 4.69) is 40.6 Å². The number of amides is 1. The molecule has 0 bridgehead atoms. The topological polar surface area (TPSA) is 157 Å². The number of benzene rings is 2. The predicted molar refractivity (Wildman–Crippen MR) is 149 cm³/mol. The van der Waals surface area contributed by atoms with Gasteiger partial charge in [-0.2, -0.15) is 0 Å². The second-order valence-corrected chi connectivity index (χ2v) is 10.5. The lowest BCUT2D eigenvalue weighted by molar-refractivity contribution is 0.102. The maximum atomic E-state index is 13.8. The van der Waals surface area contributed by atoms with E-state index in [-0.39, 0.29) is 18.8 Å². The molecule has 0 aliphatic heterocycles. The molecule has 0 fully saturated rings. The SMILES string of the molecule is Cc1ccc(NC(=O)c2cn(CCNS(=O)(=O)c3ccccc3F)nn2)cc1Nc1nccc(-c2cccnc2)n1. The number of anilines is 3. The van der Waals surface area contributed by atoms with E-state index in [0.29, 0.717) is 23.0 Å². The third-order valence-electron chi connectivity index (χ3n) is 5.89. The highest BCUT2D eigenvalue weighted by Gasteiger charge is 2.18. The zero-order chi connectivity index (χ0) is 28.8. The lowest BCUT2D eigenvalue weighted by atomic mass is 10.1. The Bertz CT molecular complexity index is 1800. The summed E-state index contributed by atoms with van der Waals surface area (Å²) in [5, 5.41) is 13.7. The lowest BCUT2D eigenvalue weighted by Crippen LogP contribution is -2.28. The summed E-state index contributed by atoms with van der Waals surface area (Å²) in [6.07, 6.45) is 6.44. The van der Waals surface area contributed by atoms with E-state index >= 15 is 0 Å². The molecule has 14 heteroatoms. The van der Waals surface area contributed by atoms with Gasteiger partial charge in [-0.3, -0.25) is 14.5 Å². The van der Waals surface area contributed by atoms with E-state index in [1.807, 2.05) is 25.1 Å². The van der Waals surface area contributed by atoms with Crippen LogP contribution in [-0.2, 0) is 16.6 Å². The normalized spacial score (nSPS) is 11.3. The van der Waals surface area contributed by atoms with Gasteiger partial charge in [0.2, 0.25) is 16.0 Å². The molecule has 41 heavy (non-hydrogen) atoms.